The second-order valence-electron chi connectivity index (χ2n) is 9.69. The number of piperidine rings is 1. The van der Waals surface area contributed by atoms with Crippen molar-refractivity contribution in [3.63, 3.8) is 0 Å². The van der Waals surface area contributed by atoms with Gasteiger partial charge in [-0.1, -0.05) is 29.8 Å². The molecule has 1 fully saturated rings. The number of para-hydroxylation sites is 2. The molecule has 2 aromatic rings. The quantitative estimate of drug-likeness (QED) is 0.258. The monoisotopic (exact) mass is 517 g/mol. The molecule has 0 aromatic heterocycles. The van der Waals surface area contributed by atoms with Crippen molar-refractivity contribution in [1.29, 1.82) is 0 Å². The van der Waals surface area contributed by atoms with Gasteiger partial charge in [-0.15, -0.1) is 0 Å². The van der Waals surface area contributed by atoms with E-state index in [0.29, 0.717) is 37.3 Å². The summed E-state index contributed by atoms with van der Waals surface area (Å²) < 4.78 is 46.9. The first-order valence-corrected chi connectivity index (χ1v) is 14.0. The Morgan fingerprint density at radius 3 is 2.67 bits per heavy atom. The second-order valence-corrected chi connectivity index (χ2v) is 11.6. The first-order chi connectivity index (χ1) is 17.4. The standard InChI is InChI=1S/C27H37N2O6S/c1-22-8-12-25(13-9-22)36(31,32)28-20-24(11-10-23(28)14-17-30)35-21-29(15-5-18-33-2)16-19-34-27-7-4-3-6-26(27)29/h3-4,6-9,12-13,17,23-24H,5,10-11,14-16,18-21H2,1-2H3/q+1/t23-,24+,29?/m0/s1. The van der Waals surface area contributed by atoms with Crippen LogP contribution in [0.5, 0.6) is 5.75 Å². The first kappa shape index (κ1) is 26.8. The van der Waals surface area contributed by atoms with Crippen LogP contribution < -0.4 is 9.22 Å². The maximum atomic E-state index is 13.6. The van der Waals surface area contributed by atoms with Crippen LogP contribution in [0.4, 0.5) is 5.69 Å². The molecular weight excluding hydrogens is 480 g/mol. The van der Waals surface area contributed by atoms with Crippen LogP contribution in [-0.2, 0) is 24.3 Å². The number of hydrogen-bond donors (Lipinski definition) is 0. The molecule has 2 aliphatic rings. The van der Waals surface area contributed by atoms with E-state index in [-0.39, 0.29) is 30.0 Å². The molecule has 196 valence electrons. The van der Waals surface area contributed by atoms with Gasteiger partial charge in [0.25, 0.3) is 0 Å². The van der Waals surface area contributed by atoms with Crippen LogP contribution in [0, 0.1) is 6.92 Å². The number of sulfonamides is 1. The van der Waals surface area contributed by atoms with E-state index in [1.54, 1.807) is 31.4 Å². The molecule has 0 saturated carbocycles. The topological polar surface area (TPSA) is 82.1 Å². The third kappa shape index (κ3) is 5.81. The van der Waals surface area contributed by atoms with E-state index in [9.17, 15) is 13.2 Å². The van der Waals surface area contributed by atoms with Gasteiger partial charge in [-0.3, -0.25) is 4.48 Å². The fraction of sp³-hybridized carbons (Fsp3) is 0.519. The van der Waals surface area contributed by atoms with Gasteiger partial charge in [0.15, 0.2) is 18.2 Å². The highest BCUT2D eigenvalue weighted by atomic mass is 32.2. The van der Waals surface area contributed by atoms with Gasteiger partial charge in [0.2, 0.25) is 10.0 Å². The van der Waals surface area contributed by atoms with Gasteiger partial charge >= 0.3 is 0 Å². The molecule has 9 heteroatoms. The summed E-state index contributed by atoms with van der Waals surface area (Å²) in [6.07, 6.45) is 2.88. The fourth-order valence-corrected chi connectivity index (χ4v) is 6.90. The largest absolute Gasteiger partial charge is 0.481 e. The highest BCUT2D eigenvalue weighted by Gasteiger charge is 2.41. The molecule has 0 radical (unpaired) electrons. The number of carbonyl (C=O) groups is 1. The zero-order valence-corrected chi connectivity index (χ0v) is 22.0. The van der Waals surface area contributed by atoms with Crippen LogP contribution in [0.2, 0.25) is 0 Å². The molecule has 8 nitrogen and oxygen atoms in total. The van der Waals surface area contributed by atoms with E-state index in [1.165, 1.54) is 4.31 Å². The Morgan fingerprint density at radius 2 is 1.92 bits per heavy atom. The number of rotatable bonds is 11. The number of carbonyl (C=O) groups excluding carboxylic acids is 1. The van der Waals surface area contributed by atoms with E-state index >= 15 is 0 Å². The molecule has 0 spiro atoms. The van der Waals surface area contributed by atoms with Crippen molar-refractivity contribution < 1.29 is 27.4 Å². The van der Waals surface area contributed by atoms with Gasteiger partial charge in [0, 0.05) is 38.6 Å². The third-order valence-electron chi connectivity index (χ3n) is 7.25. The molecular formula is C27H37N2O6S+. The average Bonchev–Trinajstić information content (AvgIpc) is 2.89. The lowest BCUT2D eigenvalue weighted by Crippen LogP contribution is -2.58. The van der Waals surface area contributed by atoms with Crippen LogP contribution in [0.15, 0.2) is 53.4 Å². The minimum Gasteiger partial charge on any atom is -0.481 e. The smallest absolute Gasteiger partial charge is 0.243 e. The Hall–Kier alpha value is -2.30. The van der Waals surface area contributed by atoms with Crippen LogP contribution in [0.1, 0.15) is 31.2 Å². The van der Waals surface area contributed by atoms with Crippen molar-refractivity contribution in [3.05, 3.63) is 54.1 Å². The number of quaternary nitrogens is 1. The average molecular weight is 518 g/mol. The van der Waals surface area contributed by atoms with Crippen molar-refractivity contribution in [2.45, 2.75) is 49.6 Å². The number of aryl methyl sites for hydroxylation is 1. The SMILES string of the molecule is COCCC[N+]1(CO[C@@H]2CC[C@@H](CC=O)N(S(=O)(=O)c3ccc(C)cc3)C2)CCOc2ccccc21. The molecule has 3 atom stereocenters. The summed E-state index contributed by atoms with van der Waals surface area (Å²) >= 11 is 0. The zero-order chi connectivity index (χ0) is 25.6. The van der Waals surface area contributed by atoms with Crippen molar-refractivity contribution in [3.8, 4) is 5.75 Å². The minimum atomic E-state index is -3.75. The number of ether oxygens (including phenoxy) is 3. The van der Waals surface area contributed by atoms with Crippen molar-refractivity contribution in [2.24, 2.45) is 0 Å². The molecule has 0 amide bonds. The lowest BCUT2D eigenvalue weighted by Gasteiger charge is -2.43. The number of nitrogens with zero attached hydrogens (tertiary/aromatic N) is 2. The number of fused-ring (bicyclic) bond motifs is 1. The number of hydrogen-bond acceptors (Lipinski definition) is 6. The maximum Gasteiger partial charge on any atom is 0.243 e. The maximum absolute atomic E-state index is 13.6. The predicted octanol–water partition coefficient (Wildman–Crippen LogP) is 3.52. The Labute approximate surface area is 214 Å². The molecule has 1 saturated heterocycles. The highest BCUT2D eigenvalue weighted by molar-refractivity contribution is 7.89. The lowest BCUT2D eigenvalue weighted by atomic mass is 10.0. The molecule has 4 rings (SSSR count). The van der Waals surface area contributed by atoms with E-state index in [4.69, 9.17) is 14.2 Å². The fourth-order valence-electron chi connectivity index (χ4n) is 5.20. The highest BCUT2D eigenvalue weighted by Crippen LogP contribution is 2.38. The van der Waals surface area contributed by atoms with Crippen LogP contribution in [-0.4, -0.2) is 77.8 Å². The van der Waals surface area contributed by atoms with Crippen LogP contribution >= 0.6 is 0 Å². The molecule has 1 unspecified atom stereocenters. The number of aldehydes is 1. The Morgan fingerprint density at radius 1 is 1.14 bits per heavy atom. The molecule has 0 bridgehead atoms. The van der Waals surface area contributed by atoms with Gasteiger partial charge in [-0.25, -0.2) is 8.42 Å². The zero-order valence-electron chi connectivity index (χ0n) is 21.2. The minimum absolute atomic E-state index is 0.180. The molecule has 2 aromatic carbocycles. The normalized spacial score (nSPS) is 24.6. The second kappa shape index (κ2) is 11.8. The molecule has 36 heavy (non-hydrogen) atoms. The third-order valence-corrected chi connectivity index (χ3v) is 9.19. The van der Waals surface area contributed by atoms with E-state index in [2.05, 4.69) is 6.07 Å². The van der Waals surface area contributed by atoms with Gasteiger partial charge in [0.05, 0.1) is 24.2 Å². The Balaban J connectivity index is 1.54. The predicted molar refractivity (Wildman–Crippen MR) is 138 cm³/mol. The van der Waals surface area contributed by atoms with Gasteiger partial charge in [-0.2, -0.15) is 4.31 Å². The number of benzene rings is 2. The summed E-state index contributed by atoms with van der Waals surface area (Å²) in [5, 5.41) is 0. The summed E-state index contributed by atoms with van der Waals surface area (Å²) in [5.74, 6) is 0.864. The van der Waals surface area contributed by atoms with Gasteiger partial charge in [0.1, 0.15) is 19.4 Å². The van der Waals surface area contributed by atoms with Gasteiger partial charge < -0.3 is 19.0 Å². The first-order valence-electron chi connectivity index (χ1n) is 12.6. The summed E-state index contributed by atoms with van der Waals surface area (Å²) in [5.41, 5.74) is 2.07. The summed E-state index contributed by atoms with van der Waals surface area (Å²) in [4.78, 5) is 11.6. The van der Waals surface area contributed by atoms with Gasteiger partial charge in [-0.05, 0) is 38.0 Å². The summed E-state index contributed by atoms with van der Waals surface area (Å²) in [6, 6.07) is 14.5. The van der Waals surface area contributed by atoms with Crippen molar-refractivity contribution >= 4 is 22.0 Å². The number of methoxy groups -OCH3 is 1. The van der Waals surface area contributed by atoms with Crippen LogP contribution in [0.3, 0.4) is 0 Å². The van der Waals surface area contributed by atoms with Crippen molar-refractivity contribution in [2.75, 3.05) is 46.7 Å². The molecule has 0 N–H and O–H groups in total. The van der Waals surface area contributed by atoms with E-state index in [1.807, 2.05) is 25.1 Å². The molecule has 2 heterocycles. The Bertz CT molecular complexity index is 1120. The van der Waals surface area contributed by atoms with Crippen LogP contribution in [0.25, 0.3) is 0 Å². The molecule has 2 aliphatic heterocycles. The summed E-state index contributed by atoms with van der Waals surface area (Å²) in [6.45, 7) is 5.42. The lowest BCUT2D eigenvalue weighted by molar-refractivity contribution is -0.109. The van der Waals surface area contributed by atoms with E-state index < -0.39 is 10.0 Å². The summed E-state index contributed by atoms with van der Waals surface area (Å²) in [7, 11) is -2.05. The Kier molecular flexibility index (Phi) is 8.79. The molecule has 0 aliphatic carbocycles. The van der Waals surface area contributed by atoms with Crippen molar-refractivity contribution in [1.82, 2.24) is 8.79 Å². The van der Waals surface area contributed by atoms with E-state index in [0.717, 1.165) is 42.8 Å².